The molecule has 0 saturated carbocycles. The zero-order chi connectivity index (χ0) is 17.8. The van der Waals surface area contributed by atoms with Gasteiger partial charge in [-0.2, -0.15) is 0 Å². The van der Waals surface area contributed by atoms with Crippen LogP contribution in [0.3, 0.4) is 0 Å². The Morgan fingerprint density at radius 2 is 1.54 bits per heavy atom. The Labute approximate surface area is 144 Å². The first kappa shape index (κ1) is 16.9. The van der Waals surface area contributed by atoms with Crippen LogP contribution in [0.4, 0.5) is 0 Å². The van der Waals surface area contributed by atoms with Crippen molar-refractivity contribution in [3.8, 4) is 0 Å². The Morgan fingerprint density at radius 3 is 1.96 bits per heavy atom. The Kier molecular flexibility index (Phi) is 3.90. The van der Waals surface area contributed by atoms with Crippen molar-refractivity contribution in [1.82, 2.24) is 9.47 Å². The molecule has 0 spiro atoms. The van der Waals surface area contributed by atoms with Crippen molar-refractivity contribution in [2.24, 2.45) is 5.92 Å². The van der Waals surface area contributed by atoms with E-state index >= 15 is 0 Å². The number of nitrogens with zero attached hydrogens (tertiary/aromatic N) is 2. The summed E-state index contributed by atoms with van der Waals surface area (Å²) in [5, 5.41) is 0.0108. The third-order valence-corrected chi connectivity index (χ3v) is 7.33. The van der Waals surface area contributed by atoms with E-state index in [1.807, 2.05) is 11.5 Å². The van der Waals surface area contributed by atoms with E-state index in [9.17, 15) is 14.4 Å². The molecule has 2 aliphatic heterocycles. The largest absolute Gasteiger partial charge is 0.363 e. The molecule has 0 N–H and O–H groups in total. The third-order valence-electron chi connectivity index (χ3n) is 5.31. The van der Waals surface area contributed by atoms with Gasteiger partial charge in [0.2, 0.25) is 5.91 Å². The second-order valence-electron chi connectivity index (χ2n) is 7.41. The van der Waals surface area contributed by atoms with Crippen LogP contribution in [0.1, 0.15) is 55.3 Å². The molecule has 3 amide bonds. The molecule has 2 radical (unpaired) electrons. The van der Waals surface area contributed by atoms with Gasteiger partial charge in [-0.25, -0.2) is 0 Å². The highest BCUT2D eigenvalue weighted by atomic mass is 28.2. The first-order valence-corrected chi connectivity index (χ1v) is 9.19. The van der Waals surface area contributed by atoms with Crippen LogP contribution in [-0.4, -0.2) is 49.0 Å². The predicted molar refractivity (Wildman–Crippen MR) is 91.7 cm³/mol. The average Bonchev–Trinajstić information content (AvgIpc) is 2.78. The molecule has 2 aliphatic rings. The SMILES string of the molecule is CC1C(N2C(=O)c3ccccc3C2=O)C(=O)N1[Si]C(C)(C)C(C)C. The van der Waals surface area contributed by atoms with Gasteiger partial charge >= 0.3 is 0 Å². The number of rotatable bonds is 4. The summed E-state index contributed by atoms with van der Waals surface area (Å²) < 4.78 is 1.81. The number of hydrogen-bond acceptors (Lipinski definition) is 3. The molecule has 1 fully saturated rings. The minimum absolute atomic E-state index is 0.0108. The molecule has 1 aromatic rings. The third kappa shape index (κ3) is 2.32. The summed E-state index contributed by atoms with van der Waals surface area (Å²) in [7, 11) is 0.340. The van der Waals surface area contributed by atoms with E-state index < -0.39 is 6.04 Å². The lowest BCUT2D eigenvalue weighted by Gasteiger charge is -2.51. The fourth-order valence-corrected chi connectivity index (χ4v) is 4.46. The van der Waals surface area contributed by atoms with Crippen molar-refractivity contribution in [2.75, 3.05) is 0 Å². The van der Waals surface area contributed by atoms with Crippen molar-refractivity contribution >= 4 is 27.4 Å². The molecule has 0 bridgehead atoms. The quantitative estimate of drug-likeness (QED) is 0.479. The lowest BCUT2D eigenvalue weighted by atomic mass is 9.98. The molecule has 1 saturated heterocycles. The number of carbonyl (C=O) groups excluding carboxylic acids is 3. The van der Waals surface area contributed by atoms with Gasteiger partial charge in [0, 0.05) is 0 Å². The summed E-state index contributed by atoms with van der Waals surface area (Å²) in [6, 6.07) is 5.94. The predicted octanol–water partition coefficient (Wildman–Crippen LogP) is 2.36. The van der Waals surface area contributed by atoms with Gasteiger partial charge in [-0.05, 0) is 30.0 Å². The first-order valence-electron chi connectivity index (χ1n) is 8.24. The normalized spacial score (nSPS) is 23.8. The maximum atomic E-state index is 12.7. The van der Waals surface area contributed by atoms with Gasteiger partial charge in [-0.3, -0.25) is 19.3 Å². The van der Waals surface area contributed by atoms with Gasteiger partial charge in [0.1, 0.15) is 6.04 Å². The molecule has 3 rings (SSSR count). The van der Waals surface area contributed by atoms with Crippen LogP contribution in [0, 0.1) is 5.92 Å². The van der Waals surface area contributed by atoms with Crippen molar-refractivity contribution in [3.05, 3.63) is 35.4 Å². The summed E-state index contributed by atoms with van der Waals surface area (Å²) in [4.78, 5) is 39.0. The lowest BCUT2D eigenvalue weighted by molar-refractivity contribution is -0.145. The van der Waals surface area contributed by atoms with Gasteiger partial charge in [0.05, 0.1) is 17.2 Å². The average molecular weight is 342 g/mol. The standard InChI is InChI=1S/C18H22N2O3Si/c1-10(2)18(4,5)24-20-11(3)14(17(20)23)19-15(21)12-8-6-7-9-13(12)16(19)22/h6-11,14H,1-5H3. The van der Waals surface area contributed by atoms with Crippen LogP contribution in [0.15, 0.2) is 24.3 Å². The molecule has 0 aliphatic carbocycles. The van der Waals surface area contributed by atoms with Crippen LogP contribution in [0.5, 0.6) is 0 Å². The number of β-lactam (4-membered cyclic amide) rings is 1. The number of imide groups is 1. The van der Waals surface area contributed by atoms with E-state index in [2.05, 4.69) is 27.7 Å². The van der Waals surface area contributed by atoms with Crippen LogP contribution in [0.25, 0.3) is 0 Å². The molecule has 2 atom stereocenters. The fraction of sp³-hybridized carbons (Fsp3) is 0.500. The number of fused-ring (bicyclic) bond motifs is 1. The van der Waals surface area contributed by atoms with E-state index in [1.54, 1.807) is 24.3 Å². The van der Waals surface area contributed by atoms with Crippen LogP contribution in [0.2, 0.25) is 5.04 Å². The molecule has 5 nitrogen and oxygen atoms in total. The Bertz CT molecular complexity index is 694. The molecule has 2 unspecified atom stereocenters. The molecule has 0 aromatic heterocycles. The van der Waals surface area contributed by atoms with Crippen LogP contribution >= 0.6 is 0 Å². The summed E-state index contributed by atoms with van der Waals surface area (Å²) >= 11 is 0. The summed E-state index contributed by atoms with van der Waals surface area (Å²) in [5.74, 6) is -0.392. The number of carbonyl (C=O) groups is 3. The second-order valence-corrected chi connectivity index (χ2v) is 9.40. The zero-order valence-corrected chi connectivity index (χ0v) is 15.7. The first-order chi connectivity index (χ1) is 11.2. The summed E-state index contributed by atoms with van der Waals surface area (Å²) in [6.45, 7) is 10.5. The van der Waals surface area contributed by atoms with E-state index in [1.165, 1.54) is 0 Å². The molecular weight excluding hydrogens is 320 g/mol. The Morgan fingerprint density at radius 1 is 1.04 bits per heavy atom. The Balaban J connectivity index is 1.81. The number of amides is 3. The molecule has 2 heterocycles. The van der Waals surface area contributed by atoms with Crippen molar-refractivity contribution in [1.29, 1.82) is 0 Å². The van der Waals surface area contributed by atoms with Crippen LogP contribution in [-0.2, 0) is 4.79 Å². The maximum absolute atomic E-state index is 12.7. The van der Waals surface area contributed by atoms with E-state index in [4.69, 9.17) is 0 Å². The summed E-state index contributed by atoms with van der Waals surface area (Å²) in [6.07, 6.45) is 0. The smallest absolute Gasteiger partial charge is 0.262 e. The van der Waals surface area contributed by atoms with E-state index in [0.717, 1.165) is 4.90 Å². The molecule has 1 aromatic carbocycles. The van der Waals surface area contributed by atoms with Gasteiger partial charge in [0.15, 0.2) is 9.68 Å². The second kappa shape index (κ2) is 5.55. The van der Waals surface area contributed by atoms with Crippen molar-refractivity contribution in [2.45, 2.75) is 51.7 Å². The topological polar surface area (TPSA) is 57.7 Å². The highest BCUT2D eigenvalue weighted by Gasteiger charge is 2.55. The highest BCUT2D eigenvalue weighted by molar-refractivity contribution is 6.43. The summed E-state index contributed by atoms with van der Waals surface area (Å²) in [5.41, 5.74) is 0.789. The zero-order valence-electron chi connectivity index (χ0n) is 14.7. The highest BCUT2D eigenvalue weighted by Crippen LogP contribution is 2.38. The minimum atomic E-state index is -0.673. The van der Waals surface area contributed by atoms with Crippen molar-refractivity contribution in [3.63, 3.8) is 0 Å². The Hall–Kier alpha value is -1.95. The number of benzene rings is 1. The van der Waals surface area contributed by atoms with Gasteiger partial charge in [0.25, 0.3) is 11.8 Å². The van der Waals surface area contributed by atoms with E-state index in [-0.39, 0.29) is 28.8 Å². The lowest BCUT2D eigenvalue weighted by Crippen LogP contribution is -2.72. The van der Waals surface area contributed by atoms with Crippen molar-refractivity contribution < 1.29 is 14.4 Å². The van der Waals surface area contributed by atoms with E-state index in [0.29, 0.717) is 26.7 Å². The maximum Gasteiger partial charge on any atom is 0.262 e. The van der Waals surface area contributed by atoms with Gasteiger partial charge in [-0.1, -0.05) is 39.8 Å². The van der Waals surface area contributed by atoms with Gasteiger partial charge in [-0.15, -0.1) is 0 Å². The monoisotopic (exact) mass is 342 g/mol. The minimum Gasteiger partial charge on any atom is -0.363 e. The molecule has 126 valence electrons. The molecule has 24 heavy (non-hydrogen) atoms. The van der Waals surface area contributed by atoms with Gasteiger partial charge < -0.3 is 4.57 Å². The van der Waals surface area contributed by atoms with Crippen LogP contribution < -0.4 is 0 Å². The fourth-order valence-electron chi connectivity index (χ4n) is 2.99. The molecule has 6 heteroatoms. The number of hydrogen-bond donors (Lipinski definition) is 0. The molecular formula is C18H22N2O3Si.